The van der Waals surface area contributed by atoms with Crippen LogP contribution >= 0.6 is 0 Å². The zero-order valence-electron chi connectivity index (χ0n) is 8.73. The van der Waals surface area contributed by atoms with Gasteiger partial charge in [-0.3, -0.25) is 4.79 Å². The predicted molar refractivity (Wildman–Crippen MR) is 51.0 cm³/mol. The van der Waals surface area contributed by atoms with Gasteiger partial charge < -0.3 is 0 Å². The molecule has 0 saturated heterocycles. The number of halogens is 4. The maximum absolute atomic E-state index is 13.0. The Labute approximate surface area is 90.1 Å². The van der Waals surface area contributed by atoms with Crippen LogP contribution in [-0.4, -0.2) is 6.29 Å². The minimum atomic E-state index is -3.25. The zero-order chi connectivity index (χ0) is 12.6. The van der Waals surface area contributed by atoms with E-state index in [4.69, 9.17) is 0 Å². The fraction of sp³-hybridized carbons (Fsp3) is 0.364. The SMILES string of the molecule is CC(F)(F)c1cc(C=O)cc(C(C)(F)F)c1. The summed E-state index contributed by atoms with van der Waals surface area (Å²) in [4.78, 5) is 10.5. The number of rotatable bonds is 3. The summed E-state index contributed by atoms with van der Waals surface area (Å²) in [6.07, 6.45) is 0.268. The topological polar surface area (TPSA) is 17.1 Å². The third-order valence-corrected chi connectivity index (χ3v) is 2.11. The van der Waals surface area contributed by atoms with Crippen molar-refractivity contribution in [2.45, 2.75) is 25.7 Å². The summed E-state index contributed by atoms with van der Waals surface area (Å²) in [5.74, 6) is -6.50. The fourth-order valence-electron chi connectivity index (χ4n) is 1.23. The Hall–Kier alpha value is -1.39. The molecule has 1 aromatic carbocycles. The molecule has 0 unspecified atom stereocenters. The average Bonchev–Trinajstić information content (AvgIpc) is 2.14. The van der Waals surface area contributed by atoms with Crippen molar-refractivity contribution < 1.29 is 22.4 Å². The summed E-state index contributed by atoms with van der Waals surface area (Å²) < 4.78 is 51.9. The highest BCUT2D eigenvalue weighted by atomic mass is 19.3. The van der Waals surface area contributed by atoms with Crippen molar-refractivity contribution in [3.8, 4) is 0 Å². The van der Waals surface area contributed by atoms with E-state index in [1.54, 1.807) is 0 Å². The van der Waals surface area contributed by atoms with Crippen LogP contribution in [0.1, 0.15) is 35.3 Å². The molecule has 0 atom stereocenters. The second-order valence-corrected chi connectivity index (χ2v) is 3.74. The second kappa shape index (κ2) is 3.88. The second-order valence-electron chi connectivity index (χ2n) is 3.74. The quantitative estimate of drug-likeness (QED) is 0.575. The lowest BCUT2D eigenvalue weighted by Gasteiger charge is -2.16. The smallest absolute Gasteiger partial charge is 0.270 e. The number of alkyl halides is 4. The molecule has 0 aliphatic heterocycles. The van der Waals surface area contributed by atoms with Gasteiger partial charge in [0, 0.05) is 30.5 Å². The number of hydrogen-bond acceptors (Lipinski definition) is 1. The molecule has 0 spiro atoms. The Morgan fingerprint density at radius 2 is 1.31 bits per heavy atom. The molecule has 0 radical (unpaired) electrons. The number of carbonyl (C=O) groups is 1. The third-order valence-electron chi connectivity index (χ3n) is 2.11. The van der Waals surface area contributed by atoms with E-state index in [2.05, 4.69) is 0 Å². The van der Waals surface area contributed by atoms with E-state index < -0.39 is 23.0 Å². The van der Waals surface area contributed by atoms with Crippen molar-refractivity contribution in [3.05, 3.63) is 34.9 Å². The first-order chi connectivity index (χ1) is 7.14. The van der Waals surface area contributed by atoms with E-state index in [0.29, 0.717) is 19.9 Å². The highest BCUT2D eigenvalue weighted by Crippen LogP contribution is 2.33. The number of aldehydes is 1. The Morgan fingerprint density at radius 3 is 1.56 bits per heavy atom. The normalized spacial score (nSPS) is 12.6. The van der Waals surface area contributed by atoms with Crippen LogP contribution < -0.4 is 0 Å². The molecule has 0 fully saturated rings. The Kier molecular flexibility index (Phi) is 3.08. The summed E-state index contributed by atoms with van der Waals surface area (Å²) >= 11 is 0. The van der Waals surface area contributed by atoms with Gasteiger partial charge in [0.2, 0.25) is 0 Å². The lowest BCUT2D eigenvalue weighted by Crippen LogP contribution is -2.13. The highest BCUT2D eigenvalue weighted by Gasteiger charge is 2.30. The third kappa shape index (κ3) is 2.81. The summed E-state index contributed by atoms with van der Waals surface area (Å²) in [7, 11) is 0. The lowest BCUT2D eigenvalue weighted by molar-refractivity contribution is 0.0105. The van der Waals surface area contributed by atoms with Gasteiger partial charge in [0.05, 0.1) is 0 Å². The minimum Gasteiger partial charge on any atom is -0.298 e. The van der Waals surface area contributed by atoms with Gasteiger partial charge in [0.25, 0.3) is 11.8 Å². The maximum atomic E-state index is 13.0. The van der Waals surface area contributed by atoms with Gasteiger partial charge in [-0.25, -0.2) is 17.6 Å². The number of carbonyl (C=O) groups excluding carboxylic acids is 1. The molecule has 1 nitrogen and oxygen atoms in total. The standard InChI is InChI=1S/C11H10F4O/c1-10(12,13)8-3-7(6-16)4-9(5-8)11(2,14)15/h3-6H,1-2H3. The van der Waals surface area contributed by atoms with Gasteiger partial charge in [-0.1, -0.05) is 0 Å². The van der Waals surface area contributed by atoms with Crippen LogP contribution in [0.15, 0.2) is 18.2 Å². The number of benzene rings is 1. The monoisotopic (exact) mass is 234 g/mol. The van der Waals surface area contributed by atoms with Crippen molar-refractivity contribution in [3.63, 3.8) is 0 Å². The molecule has 0 saturated carbocycles. The molecule has 88 valence electrons. The van der Waals surface area contributed by atoms with Crippen molar-refractivity contribution >= 4 is 6.29 Å². The van der Waals surface area contributed by atoms with Crippen LogP contribution in [0.5, 0.6) is 0 Å². The summed E-state index contributed by atoms with van der Waals surface area (Å²) in [6, 6.07) is 2.53. The van der Waals surface area contributed by atoms with Crippen LogP contribution in [-0.2, 0) is 11.8 Å². The molecule has 0 aromatic heterocycles. The first-order valence-corrected chi connectivity index (χ1v) is 4.51. The molecule has 0 N–H and O–H groups in total. The lowest BCUT2D eigenvalue weighted by atomic mass is 9.99. The van der Waals surface area contributed by atoms with Crippen LogP contribution in [0.3, 0.4) is 0 Å². The number of hydrogen-bond donors (Lipinski definition) is 0. The molecule has 0 amide bonds. The fourth-order valence-corrected chi connectivity index (χ4v) is 1.23. The van der Waals surface area contributed by atoms with E-state index in [1.807, 2.05) is 0 Å². The first-order valence-electron chi connectivity index (χ1n) is 4.51. The van der Waals surface area contributed by atoms with Gasteiger partial charge in [-0.05, 0) is 18.2 Å². The molecule has 1 rings (SSSR count). The average molecular weight is 234 g/mol. The van der Waals surface area contributed by atoms with Gasteiger partial charge in [-0.15, -0.1) is 0 Å². The summed E-state index contributed by atoms with van der Waals surface area (Å²) in [5, 5.41) is 0. The van der Waals surface area contributed by atoms with E-state index in [9.17, 15) is 22.4 Å². The van der Waals surface area contributed by atoms with Crippen molar-refractivity contribution in [1.82, 2.24) is 0 Å². The van der Waals surface area contributed by atoms with Crippen LogP contribution in [0.25, 0.3) is 0 Å². The maximum Gasteiger partial charge on any atom is 0.270 e. The van der Waals surface area contributed by atoms with Crippen molar-refractivity contribution in [1.29, 1.82) is 0 Å². The predicted octanol–water partition coefficient (Wildman–Crippen LogP) is 3.72. The van der Waals surface area contributed by atoms with E-state index in [0.717, 1.165) is 12.1 Å². The van der Waals surface area contributed by atoms with Crippen molar-refractivity contribution in [2.24, 2.45) is 0 Å². The molecular weight excluding hydrogens is 224 g/mol. The van der Waals surface area contributed by atoms with Gasteiger partial charge in [-0.2, -0.15) is 0 Å². The van der Waals surface area contributed by atoms with Crippen LogP contribution in [0.2, 0.25) is 0 Å². The van der Waals surface area contributed by atoms with Crippen molar-refractivity contribution in [2.75, 3.05) is 0 Å². The molecule has 5 heteroatoms. The zero-order valence-corrected chi connectivity index (χ0v) is 8.73. The van der Waals surface area contributed by atoms with Gasteiger partial charge in [0.1, 0.15) is 6.29 Å². The molecule has 0 bridgehead atoms. The molecule has 16 heavy (non-hydrogen) atoms. The Bertz CT molecular complexity index is 369. The molecule has 0 aliphatic carbocycles. The first kappa shape index (κ1) is 12.7. The molecule has 1 aromatic rings. The molecule has 0 heterocycles. The largest absolute Gasteiger partial charge is 0.298 e. The Balaban J connectivity index is 3.39. The summed E-state index contributed by atoms with van der Waals surface area (Å²) in [6.45, 7) is 1.18. The Morgan fingerprint density at radius 1 is 0.938 bits per heavy atom. The van der Waals surface area contributed by atoms with Crippen LogP contribution in [0, 0.1) is 0 Å². The van der Waals surface area contributed by atoms with E-state index >= 15 is 0 Å². The van der Waals surface area contributed by atoms with E-state index in [1.165, 1.54) is 0 Å². The summed E-state index contributed by atoms with van der Waals surface area (Å²) in [5.41, 5.74) is -1.36. The van der Waals surface area contributed by atoms with Crippen LogP contribution in [0.4, 0.5) is 17.6 Å². The van der Waals surface area contributed by atoms with Gasteiger partial charge in [0.15, 0.2) is 0 Å². The highest BCUT2D eigenvalue weighted by molar-refractivity contribution is 5.75. The molecular formula is C11H10F4O. The molecule has 0 aliphatic rings. The minimum absolute atomic E-state index is 0.185. The van der Waals surface area contributed by atoms with Gasteiger partial charge >= 0.3 is 0 Å². The van der Waals surface area contributed by atoms with E-state index in [-0.39, 0.29) is 11.8 Å².